The third-order valence-electron chi connectivity index (χ3n) is 8.11. The number of ether oxygens (including phenoxy) is 8. The lowest BCUT2D eigenvalue weighted by molar-refractivity contribution is 0.402. The van der Waals surface area contributed by atoms with Gasteiger partial charge in [0.15, 0.2) is 0 Å². The lowest BCUT2D eigenvalue weighted by Gasteiger charge is -2.08. The molecule has 0 aliphatic carbocycles. The molecule has 0 atom stereocenters. The molecule has 5 aromatic carbocycles. The molecular weight excluding hydrogens is 680 g/mol. The highest BCUT2D eigenvalue weighted by Crippen LogP contribution is 2.27. The van der Waals surface area contributed by atoms with Crippen molar-refractivity contribution in [3.05, 3.63) is 129 Å². The smallest absolute Gasteiger partial charge is 0.134 e. The van der Waals surface area contributed by atoms with E-state index in [0.29, 0.717) is 90.5 Å². The van der Waals surface area contributed by atoms with Crippen LogP contribution in [0.5, 0.6) is 46.0 Å². The van der Waals surface area contributed by atoms with Crippen LogP contribution in [0.4, 0.5) is 0 Å². The lowest BCUT2D eigenvalue weighted by Crippen LogP contribution is -1.95. The maximum absolute atomic E-state index is 5.60. The second kappa shape index (κ2) is 18.3. The van der Waals surface area contributed by atoms with E-state index >= 15 is 0 Å². The highest BCUT2D eigenvalue weighted by Gasteiger charge is 2.10. The summed E-state index contributed by atoms with van der Waals surface area (Å²) in [5, 5.41) is 0. The molecule has 0 heterocycles. The van der Waals surface area contributed by atoms with Crippen LogP contribution < -0.4 is 37.9 Å². The molecule has 0 spiro atoms. The Hall–Kier alpha value is -7.26. The molecule has 0 radical (unpaired) electrons. The highest BCUT2D eigenvalue weighted by molar-refractivity contribution is 5.67. The molecule has 54 heavy (non-hydrogen) atoms. The molecule has 0 aliphatic heterocycles. The number of hydrogen-bond donors (Lipinski definition) is 0. The monoisotopic (exact) mass is 718 g/mol. The van der Waals surface area contributed by atoms with Crippen LogP contribution in [0.2, 0.25) is 0 Å². The molecule has 5 aromatic rings. The fourth-order valence-corrected chi connectivity index (χ4v) is 5.20. The number of hydrogen-bond acceptors (Lipinski definition) is 8. The Morgan fingerprint density at radius 1 is 0.241 bits per heavy atom. The van der Waals surface area contributed by atoms with E-state index in [1.807, 2.05) is 84.9 Å². The van der Waals surface area contributed by atoms with Gasteiger partial charge in [-0.3, -0.25) is 0 Å². The van der Waals surface area contributed by atoms with Crippen LogP contribution >= 0.6 is 0 Å². The molecule has 8 heteroatoms. The van der Waals surface area contributed by atoms with Crippen molar-refractivity contribution in [1.29, 1.82) is 0 Å². The molecular formula is C46H38O8. The van der Waals surface area contributed by atoms with Crippen molar-refractivity contribution in [2.45, 2.75) is 0 Å². The molecule has 0 unspecified atom stereocenters. The van der Waals surface area contributed by atoms with Crippen molar-refractivity contribution in [2.24, 2.45) is 0 Å². The van der Waals surface area contributed by atoms with Gasteiger partial charge in [-0.2, -0.15) is 0 Å². The van der Waals surface area contributed by atoms with E-state index in [9.17, 15) is 0 Å². The molecule has 8 nitrogen and oxygen atoms in total. The van der Waals surface area contributed by atoms with Crippen LogP contribution in [0, 0.1) is 47.4 Å². The van der Waals surface area contributed by atoms with Crippen LogP contribution in [-0.4, -0.2) is 56.9 Å². The first-order valence-corrected chi connectivity index (χ1v) is 16.5. The molecule has 0 fully saturated rings. The Morgan fingerprint density at radius 3 is 0.630 bits per heavy atom. The summed E-state index contributed by atoms with van der Waals surface area (Å²) in [6.45, 7) is 0. The average molecular weight is 719 g/mol. The summed E-state index contributed by atoms with van der Waals surface area (Å²) < 4.78 is 44.3. The maximum Gasteiger partial charge on any atom is 0.134 e. The van der Waals surface area contributed by atoms with E-state index in [4.69, 9.17) is 37.9 Å². The third kappa shape index (κ3) is 9.15. The van der Waals surface area contributed by atoms with Crippen molar-refractivity contribution in [3.63, 3.8) is 0 Å². The Bertz CT molecular complexity index is 2080. The van der Waals surface area contributed by atoms with E-state index in [-0.39, 0.29) is 0 Å². The van der Waals surface area contributed by atoms with Crippen molar-refractivity contribution >= 4 is 0 Å². The molecule has 0 saturated carbocycles. The van der Waals surface area contributed by atoms with E-state index < -0.39 is 0 Å². The summed E-state index contributed by atoms with van der Waals surface area (Å²) in [4.78, 5) is 0. The fourth-order valence-electron chi connectivity index (χ4n) is 5.20. The van der Waals surface area contributed by atoms with E-state index in [0.717, 1.165) is 0 Å². The van der Waals surface area contributed by atoms with Gasteiger partial charge in [-0.1, -0.05) is 47.4 Å². The topological polar surface area (TPSA) is 73.8 Å². The van der Waals surface area contributed by atoms with Gasteiger partial charge in [0.05, 0.1) is 79.1 Å². The van der Waals surface area contributed by atoms with Crippen LogP contribution in [0.15, 0.2) is 84.9 Å². The van der Waals surface area contributed by atoms with Crippen molar-refractivity contribution < 1.29 is 37.9 Å². The summed E-state index contributed by atoms with van der Waals surface area (Å²) in [5.74, 6) is 31.2. The van der Waals surface area contributed by atoms with Crippen LogP contribution in [0.3, 0.4) is 0 Å². The SMILES string of the molecule is COc1ccc(OC)c(C#Cc2cc(C#Cc3cc(OC)ccc3OC)c(C#Cc3cc(OC)ccc3OC)cc2C#Cc2cc(OC)ccc2OC)c1. The molecule has 0 saturated heterocycles. The van der Waals surface area contributed by atoms with Crippen molar-refractivity contribution in [2.75, 3.05) is 56.9 Å². The number of methoxy groups -OCH3 is 8. The molecule has 0 N–H and O–H groups in total. The highest BCUT2D eigenvalue weighted by atomic mass is 16.5. The average Bonchev–Trinajstić information content (AvgIpc) is 3.22. The van der Waals surface area contributed by atoms with Crippen LogP contribution in [-0.2, 0) is 0 Å². The Labute approximate surface area is 316 Å². The largest absolute Gasteiger partial charge is 0.497 e. The Kier molecular flexibility index (Phi) is 12.9. The quantitative estimate of drug-likeness (QED) is 0.154. The van der Waals surface area contributed by atoms with Gasteiger partial charge in [-0.05, 0) is 84.9 Å². The number of benzene rings is 5. The molecule has 5 rings (SSSR count). The van der Waals surface area contributed by atoms with E-state index in [1.54, 1.807) is 56.9 Å². The first-order valence-electron chi connectivity index (χ1n) is 16.5. The van der Waals surface area contributed by atoms with Gasteiger partial charge in [-0.25, -0.2) is 0 Å². The zero-order chi connectivity index (χ0) is 38.5. The summed E-state index contributed by atoms with van der Waals surface area (Å²) in [5.41, 5.74) is 4.92. The Morgan fingerprint density at radius 2 is 0.444 bits per heavy atom. The predicted molar refractivity (Wildman–Crippen MR) is 209 cm³/mol. The minimum absolute atomic E-state index is 0.594. The zero-order valence-corrected chi connectivity index (χ0v) is 31.3. The lowest BCUT2D eigenvalue weighted by atomic mass is 9.97. The maximum atomic E-state index is 5.60. The fraction of sp³-hybridized carbons (Fsp3) is 0.174. The minimum Gasteiger partial charge on any atom is -0.497 e. The molecule has 0 amide bonds. The van der Waals surface area contributed by atoms with Gasteiger partial charge >= 0.3 is 0 Å². The van der Waals surface area contributed by atoms with Gasteiger partial charge in [0.1, 0.15) is 46.0 Å². The predicted octanol–water partition coefficient (Wildman–Crippen LogP) is 7.35. The standard InChI is InChI=1S/C46H38O8/c1-47-39-17-21-43(51-5)35(27-39)13-9-31-25-33(11-15-37-29-41(49-3)19-23-45(37)53-7)34(12-16-38-30-42(50-4)20-24-46(38)54-8)26-32(31)10-14-36-28-40(48-2)18-22-44(36)52-6/h17-30H,1-8H3. The Balaban J connectivity index is 1.81. The summed E-state index contributed by atoms with van der Waals surface area (Å²) in [6, 6.07) is 25.5. The summed E-state index contributed by atoms with van der Waals surface area (Å²) in [6.07, 6.45) is 0. The minimum atomic E-state index is 0.594. The van der Waals surface area contributed by atoms with E-state index in [2.05, 4.69) is 47.4 Å². The first kappa shape index (κ1) is 38.0. The molecule has 270 valence electrons. The second-order valence-electron chi connectivity index (χ2n) is 11.2. The third-order valence-corrected chi connectivity index (χ3v) is 8.11. The van der Waals surface area contributed by atoms with Gasteiger partial charge in [0.25, 0.3) is 0 Å². The first-order chi connectivity index (χ1) is 26.4. The molecule has 0 bridgehead atoms. The van der Waals surface area contributed by atoms with Crippen LogP contribution in [0.25, 0.3) is 0 Å². The normalized spacial score (nSPS) is 9.63. The van der Waals surface area contributed by atoms with Gasteiger partial charge < -0.3 is 37.9 Å². The second-order valence-corrected chi connectivity index (χ2v) is 11.2. The molecule has 0 aromatic heterocycles. The zero-order valence-electron chi connectivity index (χ0n) is 31.3. The van der Waals surface area contributed by atoms with E-state index in [1.165, 1.54) is 0 Å². The summed E-state index contributed by atoms with van der Waals surface area (Å²) in [7, 11) is 12.8. The van der Waals surface area contributed by atoms with Gasteiger partial charge in [0, 0.05) is 22.3 Å². The van der Waals surface area contributed by atoms with Crippen LogP contribution in [0.1, 0.15) is 44.5 Å². The summed E-state index contributed by atoms with van der Waals surface area (Å²) >= 11 is 0. The number of rotatable bonds is 8. The van der Waals surface area contributed by atoms with Crippen molar-refractivity contribution in [3.8, 4) is 93.4 Å². The van der Waals surface area contributed by atoms with Crippen molar-refractivity contribution in [1.82, 2.24) is 0 Å². The van der Waals surface area contributed by atoms with Gasteiger partial charge in [-0.15, -0.1) is 0 Å². The molecule has 0 aliphatic rings. The van der Waals surface area contributed by atoms with Gasteiger partial charge in [0.2, 0.25) is 0 Å².